The smallest absolute Gasteiger partial charge is 0.251 e. The summed E-state index contributed by atoms with van der Waals surface area (Å²) in [6.45, 7) is 0.742. The largest absolute Gasteiger partial charge is 0.378 e. The zero-order valence-corrected chi connectivity index (χ0v) is 13.0. The van der Waals surface area contributed by atoms with Gasteiger partial charge in [-0.15, -0.1) is 11.6 Å². The summed E-state index contributed by atoms with van der Waals surface area (Å²) in [6, 6.07) is 7.68. The van der Waals surface area contributed by atoms with E-state index in [1.807, 2.05) is 43.3 Å². The molecule has 3 nitrogen and oxygen atoms in total. The van der Waals surface area contributed by atoms with Crippen molar-refractivity contribution in [3.63, 3.8) is 0 Å². The van der Waals surface area contributed by atoms with Gasteiger partial charge in [0.05, 0.1) is 0 Å². The third-order valence-corrected chi connectivity index (χ3v) is 4.58. The molecule has 0 saturated heterocycles. The summed E-state index contributed by atoms with van der Waals surface area (Å²) in [5, 5.41) is 3.04. The highest BCUT2D eigenvalue weighted by atomic mass is 35.5. The van der Waals surface area contributed by atoms with Crippen molar-refractivity contribution in [2.45, 2.75) is 19.3 Å². The van der Waals surface area contributed by atoms with E-state index < -0.39 is 0 Å². The van der Waals surface area contributed by atoms with Crippen LogP contribution in [0.2, 0.25) is 0 Å². The van der Waals surface area contributed by atoms with Crippen molar-refractivity contribution >= 4 is 23.2 Å². The molecule has 2 atom stereocenters. The van der Waals surface area contributed by atoms with Crippen molar-refractivity contribution in [1.29, 1.82) is 0 Å². The van der Waals surface area contributed by atoms with Crippen molar-refractivity contribution < 1.29 is 4.79 Å². The average Bonchev–Trinajstić information content (AvgIpc) is 2.92. The molecule has 0 spiro atoms. The molecule has 1 N–H and O–H groups in total. The SMILES string of the molecule is CN(C)c1ccc(C(=O)NCC2CCCC2CCl)cc1. The fourth-order valence-corrected chi connectivity index (χ4v) is 3.23. The molecule has 0 bridgehead atoms. The molecule has 4 heteroatoms. The van der Waals surface area contributed by atoms with Gasteiger partial charge in [0.1, 0.15) is 0 Å². The van der Waals surface area contributed by atoms with Crippen LogP contribution in [-0.4, -0.2) is 32.4 Å². The van der Waals surface area contributed by atoms with Gasteiger partial charge in [-0.1, -0.05) is 6.42 Å². The van der Waals surface area contributed by atoms with E-state index in [0.717, 1.165) is 17.8 Å². The third-order valence-electron chi connectivity index (χ3n) is 4.19. The molecule has 1 aliphatic rings. The van der Waals surface area contributed by atoms with E-state index in [1.54, 1.807) is 0 Å². The van der Waals surface area contributed by atoms with Gasteiger partial charge >= 0.3 is 0 Å². The standard InChI is InChI=1S/C16H23ClN2O/c1-19(2)15-8-6-12(7-9-15)16(20)18-11-14-5-3-4-13(14)10-17/h6-9,13-14H,3-5,10-11H2,1-2H3,(H,18,20). The van der Waals surface area contributed by atoms with Gasteiger partial charge in [-0.2, -0.15) is 0 Å². The summed E-state index contributed by atoms with van der Waals surface area (Å²) in [7, 11) is 3.98. The fraction of sp³-hybridized carbons (Fsp3) is 0.562. The second-order valence-electron chi connectivity index (χ2n) is 5.76. The highest BCUT2D eigenvalue weighted by molar-refractivity contribution is 6.18. The summed E-state index contributed by atoms with van der Waals surface area (Å²) in [5.74, 6) is 1.82. The molecule has 0 heterocycles. The van der Waals surface area contributed by atoms with Crippen molar-refractivity contribution in [3.8, 4) is 0 Å². The Hall–Kier alpha value is -1.22. The third kappa shape index (κ3) is 3.66. The Morgan fingerprint density at radius 3 is 2.50 bits per heavy atom. The molecule has 1 amide bonds. The molecular formula is C16H23ClN2O. The van der Waals surface area contributed by atoms with Crippen molar-refractivity contribution in [1.82, 2.24) is 5.32 Å². The average molecular weight is 295 g/mol. The molecule has 2 rings (SSSR count). The maximum Gasteiger partial charge on any atom is 0.251 e. The summed E-state index contributed by atoms with van der Waals surface area (Å²) < 4.78 is 0. The molecule has 1 aliphatic carbocycles. The van der Waals surface area contributed by atoms with Crippen LogP contribution < -0.4 is 10.2 Å². The maximum atomic E-state index is 12.1. The number of halogens is 1. The Morgan fingerprint density at radius 2 is 1.90 bits per heavy atom. The van der Waals surface area contributed by atoms with E-state index in [-0.39, 0.29) is 5.91 Å². The lowest BCUT2D eigenvalue weighted by atomic mass is 9.98. The number of hydrogen-bond acceptors (Lipinski definition) is 2. The van der Waals surface area contributed by atoms with E-state index in [9.17, 15) is 4.79 Å². The number of carbonyl (C=O) groups is 1. The minimum absolute atomic E-state index is 0.00975. The number of anilines is 1. The molecule has 110 valence electrons. The number of hydrogen-bond donors (Lipinski definition) is 1. The van der Waals surface area contributed by atoms with Gasteiger partial charge in [-0.3, -0.25) is 4.79 Å². The Balaban J connectivity index is 1.88. The van der Waals surface area contributed by atoms with Crippen molar-refractivity contribution in [3.05, 3.63) is 29.8 Å². The molecule has 1 aromatic rings. The molecule has 1 aromatic carbocycles. The first-order valence-corrected chi connectivity index (χ1v) is 7.77. The number of alkyl halides is 1. The van der Waals surface area contributed by atoms with Crippen LogP contribution in [0.5, 0.6) is 0 Å². The van der Waals surface area contributed by atoms with Crippen molar-refractivity contribution in [2.24, 2.45) is 11.8 Å². The zero-order chi connectivity index (χ0) is 14.5. The lowest BCUT2D eigenvalue weighted by molar-refractivity contribution is 0.0944. The summed E-state index contributed by atoms with van der Waals surface area (Å²) in [4.78, 5) is 14.1. The molecule has 0 aliphatic heterocycles. The highest BCUT2D eigenvalue weighted by Gasteiger charge is 2.26. The van der Waals surface area contributed by atoms with Crippen LogP contribution in [-0.2, 0) is 0 Å². The molecule has 20 heavy (non-hydrogen) atoms. The number of nitrogens with one attached hydrogen (secondary N) is 1. The monoisotopic (exact) mass is 294 g/mol. The predicted octanol–water partition coefficient (Wildman–Crippen LogP) is 3.14. The van der Waals surface area contributed by atoms with Crippen LogP contribution in [0.15, 0.2) is 24.3 Å². The van der Waals surface area contributed by atoms with Crippen LogP contribution in [0.3, 0.4) is 0 Å². The van der Waals surface area contributed by atoms with Gasteiger partial charge in [0, 0.05) is 37.8 Å². The van der Waals surface area contributed by atoms with Gasteiger partial charge in [0.2, 0.25) is 0 Å². The van der Waals surface area contributed by atoms with Gasteiger partial charge in [-0.05, 0) is 48.9 Å². The predicted molar refractivity (Wildman–Crippen MR) is 84.7 cm³/mol. The Labute approximate surface area is 126 Å². The number of benzene rings is 1. The number of rotatable bonds is 5. The van der Waals surface area contributed by atoms with E-state index in [2.05, 4.69) is 5.32 Å². The quantitative estimate of drug-likeness (QED) is 0.846. The number of carbonyl (C=O) groups excluding carboxylic acids is 1. The molecule has 0 aromatic heterocycles. The van der Waals surface area contributed by atoms with Crippen LogP contribution in [0.1, 0.15) is 29.6 Å². The highest BCUT2D eigenvalue weighted by Crippen LogP contribution is 2.31. The molecule has 1 fully saturated rings. The first-order chi connectivity index (χ1) is 9.61. The lowest BCUT2D eigenvalue weighted by Crippen LogP contribution is -2.31. The van der Waals surface area contributed by atoms with Crippen molar-refractivity contribution in [2.75, 3.05) is 31.4 Å². The van der Waals surface area contributed by atoms with Crippen LogP contribution in [0.25, 0.3) is 0 Å². The fourth-order valence-electron chi connectivity index (χ4n) is 2.82. The summed E-state index contributed by atoms with van der Waals surface area (Å²) in [5.41, 5.74) is 1.82. The Morgan fingerprint density at radius 1 is 1.25 bits per heavy atom. The topological polar surface area (TPSA) is 32.3 Å². The van der Waals surface area contributed by atoms with Gasteiger partial charge < -0.3 is 10.2 Å². The summed E-state index contributed by atoms with van der Waals surface area (Å²) in [6.07, 6.45) is 3.61. The minimum Gasteiger partial charge on any atom is -0.378 e. The lowest BCUT2D eigenvalue weighted by Gasteiger charge is -2.18. The van der Waals surface area contributed by atoms with Gasteiger partial charge in [-0.25, -0.2) is 0 Å². The number of nitrogens with zero attached hydrogens (tertiary/aromatic N) is 1. The van der Waals surface area contributed by atoms with E-state index in [0.29, 0.717) is 17.7 Å². The van der Waals surface area contributed by atoms with Gasteiger partial charge in [0.25, 0.3) is 5.91 Å². The maximum absolute atomic E-state index is 12.1. The van der Waals surface area contributed by atoms with Crippen LogP contribution >= 0.6 is 11.6 Å². The van der Waals surface area contributed by atoms with E-state index in [1.165, 1.54) is 19.3 Å². The first-order valence-electron chi connectivity index (χ1n) is 7.23. The Kier molecular flexibility index (Phi) is 5.30. The van der Waals surface area contributed by atoms with E-state index >= 15 is 0 Å². The van der Waals surface area contributed by atoms with Gasteiger partial charge in [0.15, 0.2) is 0 Å². The zero-order valence-electron chi connectivity index (χ0n) is 12.2. The molecular weight excluding hydrogens is 272 g/mol. The minimum atomic E-state index is 0.00975. The number of amides is 1. The second-order valence-corrected chi connectivity index (χ2v) is 6.07. The van der Waals surface area contributed by atoms with Crippen LogP contribution in [0.4, 0.5) is 5.69 Å². The molecule has 0 radical (unpaired) electrons. The molecule has 1 saturated carbocycles. The normalized spacial score (nSPS) is 21.8. The van der Waals surface area contributed by atoms with Crippen LogP contribution in [0, 0.1) is 11.8 Å². The molecule has 2 unspecified atom stereocenters. The van der Waals surface area contributed by atoms with E-state index in [4.69, 9.17) is 11.6 Å². The second kappa shape index (κ2) is 6.98. The summed E-state index contributed by atoms with van der Waals surface area (Å²) >= 11 is 5.96. The Bertz CT molecular complexity index is 444. The first kappa shape index (κ1) is 15.2.